The Morgan fingerprint density at radius 3 is 2.93 bits per heavy atom. The van der Waals surface area contributed by atoms with Gasteiger partial charge < -0.3 is 14.4 Å². The van der Waals surface area contributed by atoms with Crippen molar-refractivity contribution in [1.82, 2.24) is 4.98 Å². The highest BCUT2D eigenvalue weighted by molar-refractivity contribution is 7.90. The molecule has 8 heteroatoms. The number of hydrogen-bond acceptors (Lipinski definition) is 7. The van der Waals surface area contributed by atoms with Crippen molar-refractivity contribution in [3.05, 3.63) is 59.0 Å². The molecule has 2 aromatic carbocycles. The smallest absolute Gasteiger partial charge is 0.185 e. The van der Waals surface area contributed by atoms with Crippen LogP contribution in [-0.4, -0.2) is 33.2 Å². The van der Waals surface area contributed by atoms with Gasteiger partial charge >= 0.3 is 0 Å². The Hall–Kier alpha value is -2.58. The molecule has 28 heavy (non-hydrogen) atoms. The zero-order chi connectivity index (χ0) is 19.6. The minimum atomic E-state index is -3.48. The molecule has 0 bridgehead atoms. The fourth-order valence-corrected chi connectivity index (χ4v) is 5.41. The maximum Gasteiger partial charge on any atom is 0.185 e. The summed E-state index contributed by atoms with van der Waals surface area (Å²) in [4.78, 5) is 6.43. The summed E-state index contributed by atoms with van der Waals surface area (Å²) in [7, 11) is -3.48. The predicted octanol–water partition coefficient (Wildman–Crippen LogP) is 4.05. The summed E-state index contributed by atoms with van der Waals surface area (Å²) < 4.78 is 36.8. The van der Waals surface area contributed by atoms with E-state index in [4.69, 9.17) is 9.47 Å². The highest BCUT2D eigenvalue weighted by atomic mass is 32.2. The molecule has 0 radical (unpaired) electrons. The first-order valence-corrected chi connectivity index (χ1v) is 11.5. The molecule has 0 amide bonds. The molecule has 1 aromatic heterocycles. The predicted molar refractivity (Wildman–Crippen MR) is 110 cm³/mol. The summed E-state index contributed by atoms with van der Waals surface area (Å²) in [6, 6.07) is 12.9. The highest BCUT2D eigenvalue weighted by Crippen LogP contribution is 2.39. The molecule has 146 valence electrons. The van der Waals surface area contributed by atoms with Crippen LogP contribution >= 0.6 is 11.3 Å². The number of rotatable bonds is 6. The number of anilines is 2. The van der Waals surface area contributed by atoms with Gasteiger partial charge in [-0.2, -0.15) is 0 Å². The molecule has 4 rings (SSSR count). The van der Waals surface area contributed by atoms with Crippen LogP contribution in [0.5, 0.6) is 11.5 Å². The molecule has 3 aromatic rings. The number of nitrogens with zero attached hydrogens (tertiary/aromatic N) is 2. The van der Waals surface area contributed by atoms with Crippen LogP contribution in [0.15, 0.2) is 58.9 Å². The van der Waals surface area contributed by atoms with Crippen LogP contribution in [0.4, 0.5) is 11.4 Å². The summed E-state index contributed by atoms with van der Waals surface area (Å²) in [5, 5.41) is 2.35. The summed E-state index contributed by atoms with van der Waals surface area (Å²) in [6.45, 7) is 3.70. The molecule has 0 saturated carbocycles. The molecule has 0 unspecified atom stereocenters. The van der Waals surface area contributed by atoms with Crippen LogP contribution in [0.2, 0.25) is 0 Å². The minimum absolute atomic E-state index is 0.108. The monoisotopic (exact) mass is 416 g/mol. The maximum absolute atomic E-state index is 12.7. The Morgan fingerprint density at radius 1 is 1.25 bits per heavy atom. The number of thiazole rings is 1. The van der Waals surface area contributed by atoms with E-state index in [-0.39, 0.29) is 10.6 Å². The van der Waals surface area contributed by atoms with Crippen molar-refractivity contribution in [3.63, 3.8) is 0 Å². The molecule has 0 aliphatic carbocycles. The molecule has 0 spiro atoms. The number of benzene rings is 2. The van der Waals surface area contributed by atoms with Gasteiger partial charge in [0.1, 0.15) is 28.9 Å². The van der Waals surface area contributed by atoms with Crippen molar-refractivity contribution < 1.29 is 17.9 Å². The van der Waals surface area contributed by atoms with E-state index in [1.807, 2.05) is 31.2 Å². The van der Waals surface area contributed by atoms with Gasteiger partial charge in [-0.15, -0.1) is 11.3 Å². The van der Waals surface area contributed by atoms with E-state index in [0.717, 1.165) is 17.1 Å². The SMILES string of the molecule is CCOc1cccc(N2CCOc3cc(S(=O)(=O)Cc4nccs4)ccc32)c1. The molecule has 1 aliphatic rings. The normalized spacial score (nSPS) is 13.7. The second kappa shape index (κ2) is 7.81. The summed E-state index contributed by atoms with van der Waals surface area (Å²) in [5.74, 6) is 1.26. The van der Waals surface area contributed by atoms with Gasteiger partial charge in [0.15, 0.2) is 9.84 Å². The first-order chi connectivity index (χ1) is 13.6. The van der Waals surface area contributed by atoms with E-state index >= 15 is 0 Å². The molecular weight excluding hydrogens is 396 g/mol. The lowest BCUT2D eigenvalue weighted by Crippen LogP contribution is -2.28. The zero-order valence-electron chi connectivity index (χ0n) is 15.4. The Kier molecular flexibility index (Phi) is 5.23. The average Bonchev–Trinajstić information content (AvgIpc) is 3.20. The molecule has 0 saturated heterocycles. The van der Waals surface area contributed by atoms with Gasteiger partial charge in [-0.05, 0) is 31.2 Å². The fraction of sp³-hybridized carbons (Fsp3) is 0.250. The Bertz CT molecular complexity index is 1070. The summed E-state index contributed by atoms with van der Waals surface area (Å²) in [5.41, 5.74) is 1.82. The van der Waals surface area contributed by atoms with Crippen LogP contribution < -0.4 is 14.4 Å². The Balaban J connectivity index is 1.65. The fourth-order valence-electron chi connectivity index (χ4n) is 3.14. The number of hydrogen-bond donors (Lipinski definition) is 0. The van der Waals surface area contributed by atoms with Crippen molar-refractivity contribution in [2.45, 2.75) is 17.6 Å². The number of fused-ring (bicyclic) bond motifs is 1. The van der Waals surface area contributed by atoms with Crippen LogP contribution in [0, 0.1) is 0 Å². The second-order valence-corrected chi connectivity index (χ2v) is 9.21. The molecular formula is C20H20N2O4S2. The maximum atomic E-state index is 12.7. The van der Waals surface area contributed by atoms with E-state index in [1.54, 1.807) is 29.8 Å². The van der Waals surface area contributed by atoms with Crippen LogP contribution in [0.1, 0.15) is 11.9 Å². The molecule has 0 atom stereocenters. The van der Waals surface area contributed by atoms with Crippen LogP contribution in [0.25, 0.3) is 0 Å². The summed E-state index contributed by atoms with van der Waals surface area (Å²) in [6.07, 6.45) is 1.61. The van der Waals surface area contributed by atoms with Gasteiger partial charge in [0.05, 0.1) is 23.7 Å². The molecule has 6 nitrogen and oxygen atoms in total. The van der Waals surface area contributed by atoms with E-state index in [9.17, 15) is 8.42 Å². The van der Waals surface area contributed by atoms with E-state index < -0.39 is 9.84 Å². The van der Waals surface area contributed by atoms with Crippen molar-refractivity contribution in [3.8, 4) is 11.5 Å². The zero-order valence-corrected chi connectivity index (χ0v) is 17.0. The lowest BCUT2D eigenvalue weighted by atomic mass is 10.2. The first-order valence-electron chi connectivity index (χ1n) is 8.95. The van der Waals surface area contributed by atoms with Gasteiger partial charge in [-0.1, -0.05) is 6.07 Å². The topological polar surface area (TPSA) is 68.7 Å². The van der Waals surface area contributed by atoms with Crippen LogP contribution in [0.3, 0.4) is 0 Å². The number of aromatic nitrogens is 1. The van der Waals surface area contributed by atoms with E-state index in [0.29, 0.717) is 30.5 Å². The lowest BCUT2D eigenvalue weighted by molar-refractivity contribution is 0.313. The summed E-state index contributed by atoms with van der Waals surface area (Å²) >= 11 is 1.33. The van der Waals surface area contributed by atoms with Crippen molar-refractivity contribution >= 4 is 32.5 Å². The third kappa shape index (κ3) is 3.83. The molecule has 1 aliphatic heterocycles. The van der Waals surface area contributed by atoms with Gasteiger partial charge in [-0.3, -0.25) is 0 Å². The minimum Gasteiger partial charge on any atom is -0.494 e. The van der Waals surface area contributed by atoms with Crippen molar-refractivity contribution in [2.75, 3.05) is 24.7 Å². The third-order valence-electron chi connectivity index (χ3n) is 4.39. The number of sulfone groups is 1. The molecule has 0 fully saturated rings. The van der Waals surface area contributed by atoms with E-state index in [1.165, 1.54) is 11.3 Å². The van der Waals surface area contributed by atoms with Gasteiger partial charge in [0.25, 0.3) is 0 Å². The number of ether oxygens (including phenoxy) is 2. The molecule has 2 heterocycles. The first kappa shape index (κ1) is 18.8. The molecule has 0 N–H and O–H groups in total. The largest absolute Gasteiger partial charge is 0.494 e. The van der Waals surface area contributed by atoms with E-state index in [2.05, 4.69) is 9.88 Å². The lowest BCUT2D eigenvalue weighted by Gasteiger charge is -2.31. The standard InChI is InChI=1S/C20H20N2O4S2/c1-2-25-16-5-3-4-15(12-16)22-9-10-26-19-13-17(6-7-18(19)22)28(23,24)14-20-21-8-11-27-20/h3-8,11-13H,2,9-10,14H2,1H3. The van der Waals surface area contributed by atoms with Crippen molar-refractivity contribution in [2.24, 2.45) is 0 Å². The van der Waals surface area contributed by atoms with Gasteiger partial charge in [-0.25, -0.2) is 13.4 Å². The Morgan fingerprint density at radius 2 is 2.14 bits per heavy atom. The average molecular weight is 417 g/mol. The van der Waals surface area contributed by atoms with Crippen LogP contribution in [-0.2, 0) is 15.6 Å². The van der Waals surface area contributed by atoms with Gasteiger partial charge in [0.2, 0.25) is 0 Å². The quantitative estimate of drug-likeness (QED) is 0.604. The van der Waals surface area contributed by atoms with Crippen molar-refractivity contribution in [1.29, 1.82) is 0 Å². The highest BCUT2D eigenvalue weighted by Gasteiger charge is 2.24. The second-order valence-electron chi connectivity index (χ2n) is 6.24. The third-order valence-corrected chi connectivity index (χ3v) is 6.98. The van der Waals surface area contributed by atoms with Gasteiger partial charge in [0, 0.05) is 29.4 Å². The Labute approximate surface area is 168 Å².